The summed E-state index contributed by atoms with van der Waals surface area (Å²) in [5, 5.41) is 9.70. The first-order valence-corrected chi connectivity index (χ1v) is 6.26. The van der Waals surface area contributed by atoms with Gasteiger partial charge in [0, 0.05) is 0 Å². The zero-order chi connectivity index (χ0) is 11.0. The number of rotatable bonds is 3. The average Bonchev–Trinajstić information content (AvgIpc) is 2.58. The normalized spacial score (nSPS) is 23.9. The molecule has 2 aliphatic rings. The summed E-state index contributed by atoms with van der Waals surface area (Å²) < 4.78 is 5.79. The van der Waals surface area contributed by atoms with E-state index >= 15 is 0 Å². The molecule has 1 saturated carbocycles. The molecule has 0 amide bonds. The smallest absolute Gasteiger partial charge is 0.119 e. The molecule has 3 rings (SSSR count). The Labute approximate surface area is 96.2 Å². The first-order valence-electron chi connectivity index (χ1n) is 6.26. The highest BCUT2D eigenvalue weighted by Crippen LogP contribution is 2.34. The van der Waals surface area contributed by atoms with Crippen LogP contribution in [-0.4, -0.2) is 11.7 Å². The second-order valence-electron chi connectivity index (χ2n) is 5.02. The number of hydrogen-bond acceptors (Lipinski definition) is 2. The molecule has 0 aliphatic heterocycles. The summed E-state index contributed by atoms with van der Waals surface area (Å²) in [6, 6.07) is 6.11. The van der Waals surface area contributed by atoms with Gasteiger partial charge in [0.05, 0.1) is 12.7 Å². The van der Waals surface area contributed by atoms with Crippen LogP contribution >= 0.6 is 0 Å². The number of aliphatic hydroxyl groups excluding tert-OH is 1. The van der Waals surface area contributed by atoms with E-state index in [9.17, 15) is 5.11 Å². The molecule has 1 aromatic carbocycles. The molecule has 0 heterocycles. The Kier molecular flexibility index (Phi) is 2.60. The number of benzene rings is 1. The van der Waals surface area contributed by atoms with Crippen molar-refractivity contribution in [3.8, 4) is 5.75 Å². The van der Waals surface area contributed by atoms with Crippen molar-refractivity contribution in [1.29, 1.82) is 0 Å². The average molecular weight is 218 g/mol. The highest BCUT2D eigenvalue weighted by atomic mass is 16.5. The van der Waals surface area contributed by atoms with Crippen molar-refractivity contribution in [2.75, 3.05) is 6.61 Å². The fraction of sp³-hybridized carbons (Fsp3) is 0.571. The van der Waals surface area contributed by atoms with Crippen LogP contribution in [0.25, 0.3) is 0 Å². The topological polar surface area (TPSA) is 29.5 Å². The molecule has 0 bridgehead atoms. The summed E-state index contributed by atoms with van der Waals surface area (Å²) in [6.45, 7) is 0.862. The van der Waals surface area contributed by atoms with Crippen LogP contribution in [0.2, 0.25) is 0 Å². The highest BCUT2D eigenvalue weighted by Gasteiger charge is 2.21. The van der Waals surface area contributed by atoms with Crippen LogP contribution in [0.4, 0.5) is 0 Å². The van der Waals surface area contributed by atoms with Crippen molar-refractivity contribution in [1.82, 2.24) is 0 Å². The van der Waals surface area contributed by atoms with Gasteiger partial charge >= 0.3 is 0 Å². The van der Waals surface area contributed by atoms with Gasteiger partial charge in [0.2, 0.25) is 0 Å². The van der Waals surface area contributed by atoms with Gasteiger partial charge in [-0.25, -0.2) is 0 Å². The second kappa shape index (κ2) is 4.10. The number of fused-ring (bicyclic) bond motifs is 1. The minimum atomic E-state index is -0.254. The second-order valence-corrected chi connectivity index (χ2v) is 5.02. The molecular formula is C14H18O2. The number of aryl methyl sites for hydroxylation is 1. The molecule has 1 unspecified atom stereocenters. The van der Waals surface area contributed by atoms with Gasteiger partial charge in [-0.05, 0) is 54.9 Å². The van der Waals surface area contributed by atoms with Gasteiger partial charge in [-0.3, -0.25) is 0 Å². The van der Waals surface area contributed by atoms with Gasteiger partial charge < -0.3 is 9.84 Å². The summed E-state index contributed by atoms with van der Waals surface area (Å²) in [6.07, 6.45) is 5.60. The van der Waals surface area contributed by atoms with E-state index in [2.05, 4.69) is 6.07 Å². The summed E-state index contributed by atoms with van der Waals surface area (Å²) in [4.78, 5) is 0. The largest absolute Gasteiger partial charge is 0.493 e. The summed E-state index contributed by atoms with van der Waals surface area (Å²) in [7, 11) is 0. The Morgan fingerprint density at radius 2 is 2.12 bits per heavy atom. The lowest BCUT2D eigenvalue weighted by atomic mass is 9.86. The van der Waals surface area contributed by atoms with Crippen LogP contribution in [0.1, 0.15) is 42.9 Å². The number of hydrogen-bond donors (Lipinski definition) is 1. The molecule has 86 valence electrons. The molecule has 2 aliphatic carbocycles. The third kappa shape index (κ3) is 1.82. The zero-order valence-corrected chi connectivity index (χ0v) is 9.48. The standard InChI is InChI=1S/C14H18O2/c15-14-7-4-11-8-12(5-6-13(11)14)16-9-10-2-1-3-10/h5-6,8,10,14-15H,1-4,7,9H2. The molecule has 16 heavy (non-hydrogen) atoms. The third-order valence-electron chi connectivity index (χ3n) is 3.87. The highest BCUT2D eigenvalue weighted by molar-refractivity contribution is 5.39. The lowest BCUT2D eigenvalue weighted by molar-refractivity contribution is 0.178. The lowest BCUT2D eigenvalue weighted by Gasteiger charge is -2.25. The van der Waals surface area contributed by atoms with Gasteiger partial charge in [0.15, 0.2) is 0 Å². The Bertz CT molecular complexity index is 382. The van der Waals surface area contributed by atoms with E-state index < -0.39 is 0 Å². The van der Waals surface area contributed by atoms with Gasteiger partial charge in [-0.2, -0.15) is 0 Å². The Balaban J connectivity index is 1.67. The Morgan fingerprint density at radius 1 is 1.25 bits per heavy atom. The van der Waals surface area contributed by atoms with Crippen molar-refractivity contribution in [3.63, 3.8) is 0 Å². The van der Waals surface area contributed by atoms with Crippen molar-refractivity contribution >= 4 is 0 Å². The maximum Gasteiger partial charge on any atom is 0.119 e. The summed E-state index contributed by atoms with van der Waals surface area (Å²) in [5.74, 6) is 1.75. The van der Waals surface area contributed by atoms with Crippen molar-refractivity contribution in [2.45, 2.75) is 38.2 Å². The van der Waals surface area contributed by atoms with E-state index in [1.54, 1.807) is 0 Å². The maximum absolute atomic E-state index is 9.70. The van der Waals surface area contributed by atoms with Crippen molar-refractivity contribution < 1.29 is 9.84 Å². The van der Waals surface area contributed by atoms with Gasteiger partial charge in [-0.15, -0.1) is 0 Å². The van der Waals surface area contributed by atoms with Crippen LogP contribution < -0.4 is 4.74 Å². The van der Waals surface area contributed by atoms with E-state index in [-0.39, 0.29) is 6.10 Å². The molecule has 0 aromatic heterocycles. The zero-order valence-electron chi connectivity index (χ0n) is 9.48. The van der Waals surface area contributed by atoms with Gasteiger partial charge in [-0.1, -0.05) is 12.5 Å². The van der Waals surface area contributed by atoms with E-state index in [0.717, 1.165) is 36.7 Å². The molecule has 1 N–H and O–H groups in total. The van der Waals surface area contributed by atoms with Gasteiger partial charge in [0.25, 0.3) is 0 Å². The predicted molar refractivity (Wildman–Crippen MR) is 62.6 cm³/mol. The minimum absolute atomic E-state index is 0.254. The Morgan fingerprint density at radius 3 is 2.88 bits per heavy atom. The molecule has 0 saturated heterocycles. The van der Waals surface area contributed by atoms with E-state index in [1.807, 2.05) is 12.1 Å². The fourth-order valence-corrected chi connectivity index (χ4v) is 2.53. The first kappa shape index (κ1) is 10.2. The van der Waals surface area contributed by atoms with Crippen LogP contribution in [0.15, 0.2) is 18.2 Å². The lowest BCUT2D eigenvalue weighted by Crippen LogP contribution is -2.19. The van der Waals surface area contributed by atoms with E-state index in [4.69, 9.17) is 4.74 Å². The van der Waals surface area contributed by atoms with Gasteiger partial charge in [0.1, 0.15) is 5.75 Å². The van der Waals surface area contributed by atoms with Crippen LogP contribution in [0.5, 0.6) is 5.75 Å². The molecule has 0 radical (unpaired) electrons. The van der Waals surface area contributed by atoms with E-state index in [1.165, 1.54) is 24.8 Å². The molecule has 0 spiro atoms. The van der Waals surface area contributed by atoms with Crippen molar-refractivity contribution in [2.24, 2.45) is 5.92 Å². The van der Waals surface area contributed by atoms with Crippen LogP contribution in [-0.2, 0) is 6.42 Å². The molecule has 1 fully saturated rings. The fourth-order valence-electron chi connectivity index (χ4n) is 2.53. The van der Waals surface area contributed by atoms with Crippen molar-refractivity contribution in [3.05, 3.63) is 29.3 Å². The third-order valence-corrected chi connectivity index (χ3v) is 3.87. The van der Waals surface area contributed by atoms with E-state index in [0.29, 0.717) is 0 Å². The SMILES string of the molecule is OC1CCc2cc(OCC3CCC3)ccc21. The molecule has 2 heteroatoms. The quantitative estimate of drug-likeness (QED) is 0.845. The minimum Gasteiger partial charge on any atom is -0.493 e. The molecule has 2 nitrogen and oxygen atoms in total. The van der Waals surface area contributed by atoms with Crippen LogP contribution in [0, 0.1) is 5.92 Å². The molecule has 1 aromatic rings. The Hall–Kier alpha value is -1.02. The van der Waals surface area contributed by atoms with Crippen LogP contribution in [0.3, 0.4) is 0 Å². The molecular weight excluding hydrogens is 200 g/mol. The summed E-state index contributed by atoms with van der Waals surface area (Å²) in [5.41, 5.74) is 2.36. The predicted octanol–water partition coefficient (Wildman–Crippen LogP) is 2.85. The number of aliphatic hydroxyl groups is 1. The number of ether oxygens (including phenoxy) is 1. The summed E-state index contributed by atoms with van der Waals surface area (Å²) >= 11 is 0. The maximum atomic E-state index is 9.70. The molecule has 1 atom stereocenters. The monoisotopic (exact) mass is 218 g/mol. The first-order chi connectivity index (χ1) is 7.83.